The molecule has 23 heavy (non-hydrogen) atoms. The lowest BCUT2D eigenvalue weighted by Crippen LogP contribution is -2.23. The zero-order valence-corrected chi connectivity index (χ0v) is 13.9. The van der Waals surface area contributed by atoms with Crippen molar-refractivity contribution in [2.75, 3.05) is 6.61 Å². The van der Waals surface area contributed by atoms with Gasteiger partial charge in [-0.05, 0) is 33.3 Å². The molecule has 2 aromatic rings. The summed E-state index contributed by atoms with van der Waals surface area (Å²) in [6, 6.07) is 6.02. The molecule has 0 N–H and O–H groups in total. The Morgan fingerprint density at radius 1 is 1.39 bits per heavy atom. The van der Waals surface area contributed by atoms with Gasteiger partial charge in [0.25, 0.3) is 0 Å². The highest BCUT2D eigenvalue weighted by atomic mass is 16.8. The van der Waals surface area contributed by atoms with Crippen LogP contribution in [0.2, 0.25) is 0 Å². The molecule has 0 radical (unpaired) electrons. The highest BCUT2D eigenvalue weighted by Gasteiger charge is 2.50. The van der Waals surface area contributed by atoms with Crippen molar-refractivity contribution in [1.82, 2.24) is 4.57 Å². The number of rotatable bonds is 2. The fraction of sp³-hybridized carbons (Fsp3) is 0.500. The Morgan fingerprint density at radius 3 is 2.91 bits per heavy atom. The van der Waals surface area contributed by atoms with Crippen LogP contribution >= 0.6 is 0 Å². The van der Waals surface area contributed by atoms with Gasteiger partial charge in [0.1, 0.15) is 12.2 Å². The summed E-state index contributed by atoms with van der Waals surface area (Å²) in [4.78, 5) is 12.6. The summed E-state index contributed by atoms with van der Waals surface area (Å²) < 4.78 is 19.6. The molecule has 2 atom stereocenters. The lowest BCUT2D eigenvalue weighted by Gasteiger charge is -2.19. The average Bonchev–Trinajstić information content (AvgIpc) is 3.04. The van der Waals surface area contributed by atoms with Gasteiger partial charge in [-0.15, -0.1) is 0 Å². The van der Waals surface area contributed by atoms with E-state index in [1.165, 1.54) is 0 Å². The minimum atomic E-state index is -0.627. The first-order chi connectivity index (χ1) is 10.9. The van der Waals surface area contributed by atoms with Crippen molar-refractivity contribution in [1.29, 1.82) is 0 Å². The summed E-state index contributed by atoms with van der Waals surface area (Å²) in [6.07, 6.45) is -0.284. The van der Waals surface area contributed by atoms with Crippen molar-refractivity contribution < 1.29 is 19.0 Å². The van der Waals surface area contributed by atoms with E-state index in [1.54, 1.807) is 0 Å². The number of hydrogen-bond acceptors (Lipinski definition) is 4. The second-order valence-corrected chi connectivity index (χ2v) is 6.66. The Hall–Kier alpha value is -1.85. The van der Waals surface area contributed by atoms with E-state index in [9.17, 15) is 4.79 Å². The predicted molar refractivity (Wildman–Crippen MR) is 85.4 cm³/mol. The normalized spacial score (nSPS) is 24.7. The van der Waals surface area contributed by atoms with Gasteiger partial charge in [-0.2, -0.15) is 0 Å². The minimum Gasteiger partial charge on any atom is -0.462 e. The summed E-state index contributed by atoms with van der Waals surface area (Å²) in [5.74, 6) is -0.913. The van der Waals surface area contributed by atoms with Crippen LogP contribution in [0.3, 0.4) is 0 Å². The molecular weight excluding hydrogens is 294 g/mol. The van der Waals surface area contributed by atoms with E-state index in [1.807, 2.05) is 32.9 Å². The number of carbonyl (C=O) groups is 1. The van der Waals surface area contributed by atoms with E-state index >= 15 is 0 Å². The van der Waals surface area contributed by atoms with E-state index in [0.717, 1.165) is 22.2 Å². The Morgan fingerprint density at radius 2 is 2.17 bits per heavy atom. The molecule has 0 bridgehead atoms. The molecule has 1 saturated heterocycles. The first-order valence-corrected chi connectivity index (χ1v) is 8.07. The molecule has 5 nitrogen and oxygen atoms in total. The van der Waals surface area contributed by atoms with Crippen molar-refractivity contribution in [3.05, 3.63) is 35.0 Å². The van der Waals surface area contributed by atoms with E-state index in [4.69, 9.17) is 14.2 Å². The monoisotopic (exact) mass is 315 g/mol. The molecule has 0 aliphatic carbocycles. The van der Waals surface area contributed by atoms with Gasteiger partial charge in [-0.1, -0.05) is 18.2 Å². The van der Waals surface area contributed by atoms with Crippen LogP contribution in [0.15, 0.2) is 18.2 Å². The van der Waals surface area contributed by atoms with Crippen LogP contribution in [0.25, 0.3) is 10.9 Å². The van der Waals surface area contributed by atoms with Gasteiger partial charge in [-0.25, -0.2) is 4.79 Å². The molecule has 122 valence electrons. The van der Waals surface area contributed by atoms with Crippen molar-refractivity contribution in [3.63, 3.8) is 0 Å². The molecule has 0 amide bonds. The maximum Gasteiger partial charge on any atom is 0.340 e. The van der Waals surface area contributed by atoms with Crippen molar-refractivity contribution >= 4 is 16.9 Å². The fourth-order valence-corrected chi connectivity index (χ4v) is 3.90. The number of aromatic nitrogens is 1. The molecule has 1 aromatic carbocycles. The van der Waals surface area contributed by atoms with Gasteiger partial charge in [0.15, 0.2) is 5.79 Å². The second kappa shape index (κ2) is 4.82. The average molecular weight is 315 g/mol. The predicted octanol–water partition coefficient (Wildman–Crippen LogP) is 3.33. The van der Waals surface area contributed by atoms with Crippen LogP contribution in [0.4, 0.5) is 0 Å². The van der Waals surface area contributed by atoms with Crippen LogP contribution < -0.4 is 0 Å². The zero-order valence-electron chi connectivity index (χ0n) is 13.9. The Labute approximate surface area is 135 Å². The highest BCUT2D eigenvalue weighted by Crippen LogP contribution is 2.48. The lowest BCUT2D eigenvalue weighted by atomic mass is 10.0. The van der Waals surface area contributed by atoms with Crippen LogP contribution in [0, 0.1) is 6.92 Å². The van der Waals surface area contributed by atoms with E-state index in [2.05, 4.69) is 17.6 Å². The first kappa shape index (κ1) is 14.7. The SMILES string of the molecule is CCOC(=O)c1c2n(c3c(C)cccc13)C[C@H]1OC(C)(C)O[C@@H]21. The molecular formula is C18H21NO4. The molecule has 2 aliphatic rings. The third-order valence-electron chi connectivity index (χ3n) is 4.62. The Balaban J connectivity index is 1.96. The number of fused-ring (bicyclic) bond motifs is 5. The van der Waals surface area contributed by atoms with Crippen LogP contribution in [0.5, 0.6) is 0 Å². The molecule has 2 aliphatic heterocycles. The Bertz CT molecular complexity index is 805. The molecule has 0 unspecified atom stereocenters. The molecule has 1 fully saturated rings. The van der Waals surface area contributed by atoms with Gasteiger partial charge in [0, 0.05) is 5.39 Å². The number of ether oxygens (including phenoxy) is 3. The topological polar surface area (TPSA) is 49.7 Å². The number of para-hydroxylation sites is 1. The molecule has 3 heterocycles. The van der Waals surface area contributed by atoms with Crippen LogP contribution in [0.1, 0.15) is 48.5 Å². The van der Waals surface area contributed by atoms with E-state index < -0.39 is 5.79 Å². The number of nitrogens with zero attached hydrogens (tertiary/aromatic N) is 1. The van der Waals surface area contributed by atoms with E-state index in [-0.39, 0.29) is 18.2 Å². The maximum atomic E-state index is 12.6. The van der Waals surface area contributed by atoms with Crippen molar-refractivity contribution in [3.8, 4) is 0 Å². The van der Waals surface area contributed by atoms with Gasteiger partial charge in [-0.3, -0.25) is 0 Å². The van der Waals surface area contributed by atoms with Gasteiger partial charge in [0.05, 0.1) is 29.9 Å². The molecule has 4 rings (SSSR count). The summed E-state index contributed by atoms with van der Waals surface area (Å²) in [7, 11) is 0. The maximum absolute atomic E-state index is 12.6. The van der Waals surface area contributed by atoms with Crippen molar-refractivity contribution in [2.24, 2.45) is 0 Å². The number of benzene rings is 1. The second-order valence-electron chi connectivity index (χ2n) is 6.66. The number of esters is 1. The molecule has 1 aromatic heterocycles. The van der Waals surface area contributed by atoms with Crippen LogP contribution in [-0.4, -0.2) is 29.0 Å². The van der Waals surface area contributed by atoms with E-state index in [0.29, 0.717) is 18.7 Å². The summed E-state index contributed by atoms with van der Waals surface area (Å²) in [5, 5.41) is 0.935. The standard InChI is InChI=1S/C18H21NO4/c1-5-21-17(20)13-11-8-6-7-10(2)14(11)19-9-12-16(15(13)19)23-18(3,4)22-12/h6-8,12,16H,5,9H2,1-4H3/t12-,16-/m1/s1. The smallest absolute Gasteiger partial charge is 0.340 e. The largest absolute Gasteiger partial charge is 0.462 e. The van der Waals surface area contributed by atoms with Gasteiger partial charge in [0.2, 0.25) is 0 Å². The third kappa shape index (κ3) is 2.03. The van der Waals surface area contributed by atoms with Crippen molar-refractivity contribution in [2.45, 2.75) is 52.2 Å². The number of hydrogen-bond donors (Lipinski definition) is 0. The third-order valence-corrected chi connectivity index (χ3v) is 4.62. The summed E-state index contributed by atoms with van der Waals surface area (Å²) in [6.45, 7) is 8.76. The lowest BCUT2D eigenvalue weighted by molar-refractivity contribution is -0.151. The molecule has 0 saturated carbocycles. The number of aryl methyl sites for hydroxylation is 1. The van der Waals surface area contributed by atoms with Gasteiger partial charge >= 0.3 is 5.97 Å². The number of carbonyl (C=O) groups excluding carboxylic acids is 1. The quantitative estimate of drug-likeness (QED) is 0.798. The zero-order chi connectivity index (χ0) is 16.4. The summed E-state index contributed by atoms with van der Waals surface area (Å²) >= 11 is 0. The fourth-order valence-electron chi connectivity index (χ4n) is 3.90. The Kier molecular flexibility index (Phi) is 3.09. The minimum absolute atomic E-state index is 0.0582. The molecule has 5 heteroatoms. The molecule has 0 spiro atoms. The highest BCUT2D eigenvalue weighted by molar-refractivity contribution is 6.07. The van der Waals surface area contributed by atoms with Crippen LogP contribution in [-0.2, 0) is 20.8 Å². The first-order valence-electron chi connectivity index (χ1n) is 8.07. The summed E-state index contributed by atoms with van der Waals surface area (Å²) in [5.41, 5.74) is 3.73. The van der Waals surface area contributed by atoms with Gasteiger partial charge < -0.3 is 18.8 Å².